The topological polar surface area (TPSA) is 24.1 Å². The zero-order chi connectivity index (χ0) is 11.2. The molecule has 0 amide bonds. The Morgan fingerprint density at radius 3 is 2.81 bits per heavy atom. The van der Waals surface area contributed by atoms with E-state index in [1.54, 1.807) is 0 Å². The van der Waals surface area contributed by atoms with E-state index in [-0.39, 0.29) is 5.82 Å². The van der Waals surface area contributed by atoms with E-state index in [1.165, 1.54) is 24.1 Å². The van der Waals surface area contributed by atoms with E-state index in [2.05, 4.69) is 10.6 Å². The summed E-state index contributed by atoms with van der Waals surface area (Å²) in [5.74, 6) is 0.627. The van der Waals surface area contributed by atoms with Gasteiger partial charge in [-0.3, -0.25) is 0 Å². The highest BCUT2D eigenvalue weighted by Gasteiger charge is 2.12. The van der Waals surface area contributed by atoms with Crippen LogP contribution in [0.3, 0.4) is 0 Å². The van der Waals surface area contributed by atoms with Gasteiger partial charge in [0.1, 0.15) is 5.82 Å². The first-order valence-electron chi connectivity index (χ1n) is 6.00. The van der Waals surface area contributed by atoms with Crippen molar-refractivity contribution >= 4 is 0 Å². The molecule has 1 atom stereocenters. The molecule has 0 aliphatic carbocycles. The van der Waals surface area contributed by atoms with Gasteiger partial charge in [0.15, 0.2) is 0 Å². The van der Waals surface area contributed by atoms with Gasteiger partial charge in [-0.25, -0.2) is 4.39 Å². The molecule has 1 aromatic carbocycles. The lowest BCUT2D eigenvalue weighted by molar-refractivity contribution is 0.515. The molecule has 3 heteroatoms. The van der Waals surface area contributed by atoms with Crippen LogP contribution >= 0.6 is 0 Å². The van der Waals surface area contributed by atoms with Crippen LogP contribution in [0.4, 0.5) is 4.39 Å². The highest BCUT2D eigenvalue weighted by Crippen LogP contribution is 2.06. The quantitative estimate of drug-likeness (QED) is 0.739. The van der Waals surface area contributed by atoms with E-state index < -0.39 is 0 Å². The second kappa shape index (κ2) is 5.97. The average Bonchev–Trinajstić information content (AvgIpc) is 2.80. The highest BCUT2D eigenvalue weighted by molar-refractivity contribution is 5.16. The van der Waals surface area contributed by atoms with Crippen molar-refractivity contribution < 1.29 is 4.39 Å². The first-order valence-corrected chi connectivity index (χ1v) is 6.00. The summed E-state index contributed by atoms with van der Waals surface area (Å²) in [4.78, 5) is 0. The molecule has 1 aromatic rings. The fourth-order valence-corrected chi connectivity index (χ4v) is 2.08. The average molecular weight is 222 g/mol. The number of benzene rings is 1. The number of halogens is 1. The molecule has 0 saturated carbocycles. The van der Waals surface area contributed by atoms with Gasteiger partial charge in [0.05, 0.1) is 0 Å². The van der Waals surface area contributed by atoms with Crippen LogP contribution in [0, 0.1) is 11.7 Å². The minimum Gasteiger partial charge on any atom is -0.316 e. The number of hydrogen-bond donors (Lipinski definition) is 2. The number of nitrogens with one attached hydrogen (secondary N) is 2. The van der Waals surface area contributed by atoms with Crippen LogP contribution in [0.15, 0.2) is 24.3 Å². The Balaban J connectivity index is 1.62. The Hall–Kier alpha value is -0.930. The molecule has 0 spiro atoms. The van der Waals surface area contributed by atoms with Crippen LogP contribution < -0.4 is 10.6 Å². The van der Waals surface area contributed by atoms with Crippen molar-refractivity contribution in [2.75, 3.05) is 26.2 Å². The largest absolute Gasteiger partial charge is 0.316 e. The Bertz CT molecular complexity index is 304. The third kappa shape index (κ3) is 3.58. The van der Waals surface area contributed by atoms with E-state index >= 15 is 0 Å². The van der Waals surface area contributed by atoms with Gasteiger partial charge in [0.2, 0.25) is 0 Å². The van der Waals surface area contributed by atoms with E-state index in [0.717, 1.165) is 38.5 Å². The first-order chi connectivity index (χ1) is 7.84. The van der Waals surface area contributed by atoms with Crippen molar-refractivity contribution in [3.63, 3.8) is 0 Å². The van der Waals surface area contributed by atoms with Gasteiger partial charge in [-0.2, -0.15) is 0 Å². The van der Waals surface area contributed by atoms with Gasteiger partial charge >= 0.3 is 0 Å². The Labute approximate surface area is 96.2 Å². The molecule has 0 aromatic heterocycles. The maximum Gasteiger partial charge on any atom is 0.123 e. The lowest BCUT2D eigenvalue weighted by atomic mass is 10.1. The zero-order valence-corrected chi connectivity index (χ0v) is 9.51. The molecular weight excluding hydrogens is 203 g/mol. The summed E-state index contributed by atoms with van der Waals surface area (Å²) < 4.78 is 12.7. The van der Waals surface area contributed by atoms with Crippen LogP contribution in [0.2, 0.25) is 0 Å². The van der Waals surface area contributed by atoms with Crippen LogP contribution in [0.1, 0.15) is 12.0 Å². The zero-order valence-electron chi connectivity index (χ0n) is 9.51. The summed E-state index contributed by atoms with van der Waals surface area (Å²) in [7, 11) is 0. The van der Waals surface area contributed by atoms with Gasteiger partial charge in [0, 0.05) is 0 Å². The predicted molar refractivity (Wildman–Crippen MR) is 64.0 cm³/mol. The molecule has 1 aliphatic heterocycles. The Kier molecular flexibility index (Phi) is 4.31. The fraction of sp³-hybridized carbons (Fsp3) is 0.538. The summed E-state index contributed by atoms with van der Waals surface area (Å²) >= 11 is 0. The second-order valence-electron chi connectivity index (χ2n) is 4.44. The second-order valence-corrected chi connectivity index (χ2v) is 4.44. The molecule has 1 aliphatic rings. The Morgan fingerprint density at radius 1 is 1.31 bits per heavy atom. The van der Waals surface area contributed by atoms with Crippen molar-refractivity contribution in [1.82, 2.24) is 10.6 Å². The summed E-state index contributed by atoms with van der Waals surface area (Å²) in [6, 6.07) is 6.76. The van der Waals surface area contributed by atoms with Crippen LogP contribution in [-0.4, -0.2) is 26.2 Å². The third-order valence-corrected chi connectivity index (χ3v) is 3.10. The van der Waals surface area contributed by atoms with E-state index in [0.29, 0.717) is 0 Å². The molecule has 2 N–H and O–H groups in total. The first kappa shape index (κ1) is 11.6. The van der Waals surface area contributed by atoms with Crippen LogP contribution in [-0.2, 0) is 6.42 Å². The van der Waals surface area contributed by atoms with E-state index in [1.807, 2.05) is 12.1 Å². The normalized spacial score (nSPS) is 20.2. The SMILES string of the molecule is Fc1ccc(CCNCC2CCNC2)cc1. The van der Waals surface area contributed by atoms with Crippen LogP contribution in [0.5, 0.6) is 0 Å². The standard InChI is InChI=1S/C13H19FN2/c14-13-3-1-11(2-4-13)5-7-15-9-12-6-8-16-10-12/h1-4,12,15-16H,5-10H2. The number of rotatable bonds is 5. The van der Waals surface area contributed by atoms with Gasteiger partial charge in [0.25, 0.3) is 0 Å². The summed E-state index contributed by atoms with van der Waals surface area (Å²) in [6.45, 7) is 4.37. The maximum absolute atomic E-state index is 12.7. The summed E-state index contributed by atoms with van der Waals surface area (Å²) in [5.41, 5.74) is 1.19. The third-order valence-electron chi connectivity index (χ3n) is 3.10. The molecule has 1 fully saturated rings. The van der Waals surface area contributed by atoms with Crippen molar-refractivity contribution in [2.24, 2.45) is 5.92 Å². The molecule has 16 heavy (non-hydrogen) atoms. The molecule has 1 unspecified atom stereocenters. The van der Waals surface area contributed by atoms with Crippen molar-refractivity contribution in [1.29, 1.82) is 0 Å². The molecule has 0 radical (unpaired) electrons. The molecule has 2 nitrogen and oxygen atoms in total. The van der Waals surface area contributed by atoms with Crippen molar-refractivity contribution in [3.05, 3.63) is 35.6 Å². The van der Waals surface area contributed by atoms with Crippen molar-refractivity contribution in [2.45, 2.75) is 12.8 Å². The summed E-state index contributed by atoms with van der Waals surface area (Å²) in [5, 5.41) is 6.81. The molecular formula is C13H19FN2. The minimum atomic E-state index is -0.159. The van der Waals surface area contributed by atoms with Crippen LogP contribution in [0.25, 0.3) is 0 Å². The maximum atomic E-state index is 12.7. The lowest BCUT2D eigenvalue weighted by Crippen LogP contribution is -2.26. The highest BCUT2D eigenvalue weighted by atomic mass is 19.1. The van der Waals surface area contributed by atoms with E-state index in [4.69, 9.17) is 0 Å². The summed E-state index contributed by atoms with van der Waals surface area (Å²) in [6.07, 6.45) is 2.25. The molecule has 2 rings (SSSR count). The number of hydrogen-bond acceptors (Lipinski definition) is 2. The van der Waals surface area contributed by atoms with Gasteiger partial charge in [-0.05, 0) is 62.6 Å². The Morgan fingerprint density at radius 2 is 2.12 bits per heavy atom. The monoisotopic (exact) mass is 222 g/mol. The lowest BCUT2D eigenvalue weighted by Gasteiger charge is -2.09. The fourth-order valence-electron chi connectivity index (χ4n) is 2.08. The van der Waals surface area contributed by atoms with Gasteiger partial charge in [-0.1, -0.05) is 12.1 Å². The molecule has 1 heterocycles. The van der Waals surface area contributed by atoms with Gasteiger partial charge in [-0.15, -0.1) is 0 Å². The smallest absolute Gasteiger partial charge is 0.123 e. The molecule has 88 valence electrons. The predicted octanol–water partition coefficient (Wildman–Crippen LogP) is 1.57. The minimum absolute atomic E-state index is 0.159. The molecule has 0 bridgehead atoms. The van der Waals surface area contributed by atoms with Gasteiger partial charge < -0.3 is 10.6 Å². The van der Waals surface area contributed by atoms with Crippen molar-refractivity contribution in [3.8, 4) is 0 Å². The molecule has 1 saturated heterocycles. The van der Waals surface area contributed by atoms with E-state index in [9.17, 15) is 4.39 Å².